The summed E-state index contributed by atoms with van der Waals surface area (Å²) in [5.74, 6) is 1.15. The Kier molecular flexibility index (Phi) is 7.12. The van der Waals surface area contributed by atoms with E-state index in [-0.39, 0.29) is 11.8 Å². The van der Waals surface area contributed by atoms with Crippen molar-refractivity contribution in [1.29, 1.82) is 0 Å². The Balaban J connectivity index is 1.36. The number of rotatable bonds is 6. The number of fused-ring (bicyclic) bond motifs is 2. The number of carbonyl (C=O) groups excluding carboxylic acids is 1. The molecular formula is C36H35FN4O2. The highest BCUT2D eigenvalue weighted by Crippen LogP contribution is 2.31. The molecule has 2 aromatic heterocycles. The van der Waals surface area contributed by atoms with Crippen LogP contribution in [0.2, 0.25) is 0 Å². The quantitative estimate of drug-likeness (QED) is 0.188. The van der Waals surface area contributed by atoms with E-state index in [0.717, 1.165) is 62.4 Å². The molecule has 4 aromatic carbocycles. The number of hydrogen-bond acceptors (Lipinski definition) is 4. The van der Waals surface area contributed by atoms with Gasteiger partial charge in [-0.05, 0) is 80.3 Å². The molecule has 0 aliphatic rings. The average Bonchev–Trinajstić information content (AvgIpc) is 3.49. The van der Waals surface area contributed by atoms with Crippen LogP contribution in [0.1, 0.15) is 55.0 Å². The van der Waals surface area contributed by atoms with Crippen LogP contribution in [0.5, 0.6) is 0 Å². The summed E-state index contributed by atoms with van der Waals surface area (Å²) < 4.78 is 23.8. The Morgan fingerprint density at radius 3 is 2.37 bits per heavy atom. The highest BCUT2D eigenvalue weighted by atomic mass is 19.1. The number of esters is 1. The second kappa shape index (κ2) is 10.8. The zero-order chi connectivity index (χ0) is 30.5. The van der Waals surface area contributed by atoms with Crippen LogP contribution in [0.25, 0.3) is 44.6 Å². The lowest BCUT2D eigenvalue weighted by atomic mass is 9.98. The van der Waals surface area contributed by atoms with Crippen molar-refractivity contribution in [2.45, 2.75) is 53.2 Å². The minimum atomic E-state index is -0.571. The molecule has 6 rings (SSSR count). The summed E-state index contributed by atoms with van der Waals surface area (Å²) in [6, 6.07) is 24.8. The van der Waals surface area contributed by atoms with Crippen molar-refractivity contribution >= 4 is 28.0 Å². The number of aromatic nitrogens is 4. The van der Waals surface area contributed by atoms with Crippen molar-refractivity contribution in [2.75, 3.05) is 0 Å². The molecule has 6 aromatic rings. The lowest BCUT2D eigenvalue weighted by Crippen LogP contribution is -2.24. The van der Waals surface area contributed by atoms with E-state index in [1.807, 2.05) is 56.7 Å². The minimum absolute atomic E-state index is 0.297. The number of halogens is 1. The van der Waals surface area contributed by atoms with Gasteiger partial charge in [0.2, 0.25) is 0 Å². The molecular weight excluding hydrogens is 539 g/mol. The van der Waals surface area contributed by atoms with Gasteiger partial charge in [0.05, 0.1) is 27.6 Å². The molecule has 0 aliphatic carbocycles. The Morgan fingerprint density at radius 1 is 0.907 bits per heavy atom. The molecule has 0 saturated carbocycles. The van der Waals surface area contributed by atoms with Gasteiger partial charge < -0.3 is 13.9 Å². The number of imidazole rings is 2. The maximum absolute atomic E-state index is 13.9. The monoisotopic (exact) mass is 574 g/mol. The number of carbonyl (C=O) groups is 1. The van der Waals surface area contributed by atoms with Gasteiger partial charge in [-0.25, -0.2) is 19.2 Å². The largest absolute Gasteiger partial charge is 0.456 e. The molecule has 0 N–H and O–H groups in total. The molecule has 6 nitrogen and oxygen atoms in total. The molecule has 0 amide bonds. The van der Waals surface area contributed by atoms with Gasteiger partial charge in [0.1, 0.15) is 23.1 Å². The molecule has 0 unspecified atom stereocenters. The van der Waals surface area contributed by atoms with Gasteiger partial charge in [0.15, 0.2) is 0 Å². The van der Waals surface area contributed by atoms with E-state index in [0.29, 0.717) is 17.6 Å². The van der Waals surface area contributed by atoms with Crippen molar-refractivity contribution in [3.05, 3.63) is 107 Å². The van der Waals surface area contributed by atoms with E-state index in [4.69, 9.17) is 14.7 Å². The third-order valence-electron chi connectivity index (χ3n) is 7.69. The lowest BCUT2D eigenvalue weighted by Gasteiger charge is -2.20. The predicted molar refractivity (Wildman–Crippen MR) is 170 cm³/mol. The van der Waals surface area contributed by atoms with Crippen LogP contribution >= 0.6 is 0 Å². The van der Waals surface area contributed by atoms with Gasteiger partial charge in [-0.2, -0.15) is 0 Å². The maximum Gasteiger partial charge on any atom is 0.339 e. The Hall–Kier alpha value is -4.78. The number of ether oxygens (including phenoxy) is 1. The van der Waals surface area contributed by atoms with Crippen molar-refractivity contribution in [3.63, 3.8) is 0 Å². The first-order chi connectivity index (χ1) is 20.5. The number of aryl methyl sites for hydroxylation is 3. The summed E-state index contributed by atoms with van der Waals surface area (Å²) in [6.45, 7) is 10.4. The molecule has 43 heavy (non-hydrogen) atoms. The molecule has 0 fully saturated rings. The summed E-state index contributed by atoms with van der Waals surface area (Å²) in [5, 5.41) is 0. The molecule has 0 saturated heterocycles. The van der Waals surface area contributed by atoms with Crippen LogP contribution in [-0.2, 0) is 24.8 Å². The summed E-state index contributed by atoms with van der Waals surface area (Å²) >= 11 is 0. The predicted octanol–water partition coefficient (Wildman–Crippen LogP) is 8.27. The molecule has 0 atom stereocenters. The number of nitrogens with zero attached hydrogens (tertiary/aromatic N) is 4. The number of hydrogen-bond donors (Lipinski definition) is 0. The molecule has 2 heterocycles. The van der Waals surface area contributed by atoms with Crippen LogP contribution in [-0.4, -0.2) is 30.7 Å². The summed E-state index contributed by atoms with van der Waals surface area (Å²) in [6.07, 6.45) is 0.788. The molecule has 0 aliphatic heterocycles. The molecule has 218 valence electrons. The van der Waals surface area contributed by atoms with Gasteiger partial charge >= 0.3 is 5.97 Å². The van der Waals surface area contributed by atoms with E-state index in [1.165, 1.54) is 12.1 Å². The van der Waals surface area contributed by atoms with Crippen molar-refractivity contribution in [1.82, 2.24) is 19.1 Å². The Bertz CT molecular complexity index is 1990. The SMILES string of the molecule is CCc1nc2c(C)cc(-c3nc4cc(F)ccc4n3C)cc2n1Cc1ccc(-c2ccccc2C(=O)OC(C)(C)C)cc1. The summed E-state index contributed by atoms with van der Waals surface area (Å²) in [4.78, 5) is 22.7. The van der Waals surface area contributed by atoms with Crippen LogP contribution < -0.4 is 0 Å². The van der Waals surface area contributed by atoms with Crippen molar-refractivity contribution in [3.8, 4) is 22.5 Å². The zero-order valence-electron chi connectivity index (χ0n) is 25.4. The smallest absolute Gasteiger partial charge is 0.339 e. The van der Waals surface area contributed by atoms with Crippen molar-refractivity contribution in [2.24, 2.45) is 7.05 Å². The Labute approximate surface area is 250 Å². The van der Waals surface area contributed by atoms with E-state index in [2.05, 4.69) is 54.8 Å². The second-order valence-electron chi connectivity index (χ2n) is 12.0. The standard InChI is InChI=1S/C36H35FN4O2/c1-7-32-39-33-22(2)18-25(34-38-29-20-26(37)16-17-30(29)40(34)6)19-31(33)41(32)21-23-12-14-24(15-13-23)27-10-8-9-11-28(27)35(42)43-36(3,4)5/h8-20H,7,21H2,1-6H3. The summed E-state index contributed by atoms with van der Waals surface area (Å²) in [7, 11) is 1.96. The fraction of sp³-hybridized carbons (Fsp3) is 0.250. The molecule has 7 heteroatoms. The van der Waals surface area contributed by atoms with Gasteiger partial charge in [0.25, 0.3) is 0 Å². The van der Waals surface area contributed by atoms with Gasteiger partial charge in [-0.1, -0.05) is 49.4 Å². The van der Waals surface area contributed by atoms with Gasteiger partial charge in [-0.15, -0.1) is 0 Å². The molecule has 0 radical (unpaired) electrons. The third-order valence-corrected chi connectivity index (χ3v) is 7.69. The molecule has 0 bridgehead atoms. The van der Waals surface area contributed by atoms with E-state index in [1.54, 1.807) is 6.07 Å². The maximum atomic E-state index is 13.9. The van der Waals surface area contributed by atoms with Gasteiger partial charge in [0, 0.05) is 31.6 Å². The van der Waals surface area contributed by atoms with E-state index >= 15 is 0 Å². The zero-order valence-corrected chi connectivity index (χ0v) is 25.4. The fourth-order valence-corrected chi connectivity index (χ4v) is 5.67. The first-order valence-corrected chi connectivity index (χ1v) is 14.6. The third kappa shape index (κ3) is 5.43. The van der Waals surface area contributed by atoms with Crippen LogP contribution in [0.3, 0.4) is 0 Å². The first-order valence-electron chi connectivity index (χ1n) is 14.6. The molecule has 0 spiro atoms. The van der Waals surface area contributed by atoms with Crippen LogP contribution in [0, 0.1) is 12.7 Å². The van der Waals surface area contributed by atoms with E-state index < -0.39 is 5.60 Å². The van der Waals surface area contributed by atoms with E-state index in [9.17, 15) is 9.18 Å². The highest BCUT2D eigenvalue weighted by molar-refractivity contribution is 5.97. The van der Waals surface area contributed by atoms with Crippen LogP contribution in [0.4, 0.5) is 4.39 Å². The highest BCUT2D eigenvalue weighted by Gasteiger charge is 2.21. The Morgan fingerprint density at radius 2 is 1.65 bits per heavy atom. The van der Waals surface area contributed by atoms with Crippen molar-refractivity contribution < 1.29 is 13.9 Å². The first kappa shape index (κ1) is 28.3. The lowest BCUT2D eigenvalue weighted by molar-refractivity contribution is 0.00704. The topological polar surface area (TPSA) is 61.9 Å². The summed E-state index contributed by atoms with van der Waals surface area (Å²) in [5.41, 5.74) is 8.42. The average molecular weight is 575 g/mol. The second-order valence-corrected chi connectivity index (χ2v) is 12.0. The number of benzene rings is 4. The minimum Gasteiger partial charge on any atom is -0.456 e. The fourth-order valence-electron chi connectivity index (χ4n) is 5.67. The van der Waals surface area contributed by atoms with Crippen LogP contribution in [0.15, 0.2) is 78.9 Å². The normalized spacial score (nSPS) is 11.9. The van der Waals surface area contributed by atoms with Gasteiger partial charge in [-0.3, -0.25) is 0 Å².